The molecule has 0 amide bonds. The fourth-order valence-electron chi connectivity index (χ4n) is 27.7. The van der Waals surface area contributed by atoms with Gasteiger partial charge in [0.15, 0.2) is 0 Å². The molecule has 30 rings (SSSR count). The van der Waals surface area contributed by atoms with Gasteiger partial charge in [-0.2, -0.15) is 0 Å². The number of benzene rings is 22. The van der Waals surface area contributed by atoms with Gasteiger partial charge >= 0.3 is 0 Å². The second-order valence-corrected chi connectivity index (χ2v) is 43.7. The molecule has 2 aliphatic heterocycles. The summed E-state index contributed by atoms with van der Waals surface area (Å²) < 4.78 is 0. The lowest BCUT2D eigenvalue weighted by Crippen LogP contribution is -2.36. The van der Waals surface area contributed by atoms with Gasteiger partial charge < -0.3 is 19.6 Å². The van der Waals surface area contributed by atoms with Gasteiger partial charge in [0.05, 0.1) is 33.6 Å². The lowest BCUT2D eigenvalue weighted by Gasteiger charge is -2.45. The summed E-state index contributed by atoms with van der Waals surface area (Å²) in [5, 5.41) is 2.53. The van der Waals surface area contributed by atoms with Crippen molar-refractivity contribution in [3.63, 3.8) is 0 Å². The Morgan fingerprint density at radius 3 is 0.716 bits per heavy atom. The molecule has 0 N–H and O–H groups in total. The quantitative estimate of drug-likeness (QED) is 0.128. The van der Waals surface area contributed by atoms with Crippen LogP contribution in [0, 0.1) is 0 Å². The molecule has 0 aromatic heterocycles. The second kappa shape index (κ2) is 32.4. The molecule has 2 spiro atoms. The molecule has 148 heavy (non-hydrogen) atoms. The lowest BCUT2D eigenvalue weighted by atomic mass is 9.64. The number of nitrogens with zero attached hydrogens (tertiary/aromatic N) is 4. The predicted molar refractivity (Wildman–Crippen MR) is 617 cm³/mol. The maximum Gasteiger partial charge on any atom is 0.0755 e. The molecule has 8 aliphatic rings. The minimum Gasteiger partial charge on any atom is -0.310 e. The summed E-state index contributed by atoms with van der Waals surface area (Å²) in [4.78, 5) is 10.0. The molecule has 702 valence electrons. The molecule has 0 atom stereocenters. The maximum absolute atomic E-state index is 2.55. The van der Waals surface area contributed by atoms with Crippen molar-refractivity contribution in [2.75, 3.05) is 19.6 Å². The standard InChI is InChI=1S/C73H54N2.C71H52N2/c1-71(2)61-25-13-11-23-55(61)58-40-36-52(44-66(58)71)74(53-37-41-59-57-39-35-50(43-65(57)72(3,4)67(59)45-53)49-33-31-48(32-34-49)47-19-7-5-8-20-47)54-38-42-60-56-24-12-14-26-62(56)73(68(60)46-54)63-27-15-17-29-69(63)75(51-21-9-6-10-22-51)70-30-18-16-28-64(70)73;1-69(2)59-24-12-10-22-53(59)56-37-33-50(42-64(56)69)72(51-34-38-57-55-36-32-48(41-63(55)70(3,4)65(57)43-51)47-31-30-45-18-8-9-19-46(45)40-47)52-35-39-58-54-23-11-13-25-60(54)71(66(58)44-52)61-26-14-16-28-67(61)73(49-20-6-5-7-21-49)68-29-17-15-27-62(68)71/h5-46H,1-4H3;5-44H,1-4H3. The van der Waals surface area contributed by atoms with E-state index < -0.39 is 10.8 Å². The highest BCUT2D eigenvalue weighted by Crippen LogP contribution is 2.68. The molecule has 0 fully saturated rings. The Kier molecular flexibility index (Phi) is 19.0. The minimum absolute atomic E-state index is 0.165. The van der Waals surface area contributed by atoms with E-state index in [1.54, 1.807) is 0 Å². The zero-order chi connectivity index (χ0) is 99.0. The number of para-hydroxylation sites is 6. The molecule has 0 unspecified atom stereocenters. The molecule has 22 aromatic rings. The lowest BCUT2D eigenvalue weighted by molar-refractivity contribution is 0.660. The molecule has 4 heteroatoms. The zero-order valence-corrected chi connectivity index (χ0v) is 84.1. The Balaban J connectivity index is 0.000000140. The van der Waals surface area contributed by atoms with Crippen LogP contribution in [0.25, 0.3) is 111 Å². The fraction of sp³-hybridized carbons (Fsp3) is 0.0972. The highest BCUT2D eigenvalue weighted by molar-refractivity contribution is 6.03. The van der Waals surface area contributed by atoms with Crippen LogP contribution < -0.4 is 19.6 Å². The van der Waals surface area contributed by atoms with E-state index >= 15 is 0 Å². The molecule has 6 aliphatic carbocycles. The van der Waals surface area contributed by atoms with E-state index in [2.05, 4.69) is 572 Å². The average molecular weight is 1890 g/mol. The van der Waals surface area contributed by atoms with Crippen molar-refractivity contribution in [1.82, 2.24) is 0 Å². The number of fused-ring (bicyclic) bond motifs is 31. The topological polar surface area (TPSA) is 13.0 Å². The van der Waals surface area contributed by atoms with Gasteiger partial charge in [0.25, 0.3) is 0 Å². The molecule has 4 nitrogen and oxygen atoms in total. The van der Waals surface area contributed by atoms with Gasteiger partial charge in [0.1, 0.15) is 0 Å². The van der Waals surface area contributed by atoms with Gasteiger partial charge in [-0.1, -0.05) is 413 Å². The van der Waals surface area contributed by atoms with Crippen LogP contribution in [0.15, 0.2) is 497 Å². The smallest absolute Gasteiger partial charge is 0.0755 e. The van der Waals surface area contributed by atoms with Gasteiger partial charge in [-0.25, -0.2) is 0 Å². The summed E-state index contributed by atoms with van der Waals surface area (Å²) >= 11 is 0. The number of hydrogen-bond donors (Lipinski definition) is 0. The van der Waals surface area contributed by atoms with E-state index in [9.17, 15) is 0 Å². The van der Waals surface area contributed by atoms with Gasteiger partial charge in [0.2, 0.25) is 0 Å². The first kappa shape index (κ1) is 86.9. The van der Waals surface area contributed by atoms with E-state index in [1.165, 1.54) is 223 Å². The van der Waals surface area contributed by atoms with Crippen LogP contribution in [-0.2, 0) is 32.5 Å². The van der Waals surface area contributed by atoms with Crippen molar-refractivity contribution in [3.8, 4) is 100 Å². The third-order valence-electron chi connectivity index (χ3n) is 34.7. The van der Waals surface area contributed by atoms with Crippen LogP contribution in [0.4, 0.5) is 68.2 Å². The Morgan fingerprint density at radius 1 is 0.142 bits per heavy atom. The predicted octanol–water partition coefficient (Wildman–Crippen LogP) is 38.0. The Morgan fingerprint density at radius 2 is 0.358 bits per heavy atom. The minimum atomic E-state index is -0.589. The van der Waals surface area contributed by atoms with Crippen molar-refractivity contribution in [2.45, 2.75) is 87.9 Å². The number of hydrogen-bond acceptors (Lipinski definition) is 4. The highest BCUT2D eigenvalue weighted by Gasteiger charge is 2.55. The molecule has 2 heterocycles. The maximum atomic E-state index is 2.55. The number of rotatable bonds is 11. The van der Waals surface area contributed by atoms with E-state index in [-0.39, 0.29) is 21.7 Å². The van der Waals surface area contributed by atoms with Crippen LogP contribution in [0.5, 0.6) is 0 Å². The Bertz CT molecular complexity index is 9220. The molecule has 0 radical (unpaired) electrons. The van der Waals surface area contributed by atoms with E-state index in [4.69, 9.17) is 0 Å². The van der Waals surface area contributed by atoms with E-state index in [1.807, 2.05) is 0 Å². The normalized spacial score (nSPS) is 15.1. The van der Waals surface area contributed by atoms with Crippen molar-refractivity contribution in [2.24, 2.45) is 0 Å². The molecule has 22 aromatic carbocycles. The third-order valence-corrected chi connectivity index (χ3v) is 34.7. The van der Waals surface area contributed by atoms with Crippen LogP contribution in [0.2, 0.25) is 0 Å². The Hall–Kier alpha value is -17.7. The van der Waals surface area contributed by atoms with Crippen molar-refractivity contribution in [1.29, 1.82) is 0 Å². The molecular formula is C144H106N4. The van der Waals surface area contributed by atoms with Gasteiger partial charge in [-0.3, -0.25) is 0 Å². The summed E-state index contributed by atoms with van der Waals surface area (Å²) in [6, 6.07) is 188. The first-order chi connectivity index (χ1) is 72.4. The molecular weight excluding hydrogens is 1790 g/mol. The summed E-state index contributed by atoms with van der Waals surface area (Å²) in [5.41, 5.74) is 56.2. The summed E-state index contributed by atoms with van der Waals surface area (Å²) in [6.45, 7) is 19.2. The highest BCUT2D eigenvalue weighted by atomic mass is 15.2. The number of anilines is 12. The van der Waals surface area contributed by atoms with Crippen LogP contribution in [0.3, 0.4) is 0 Å². The Labute approximate surface area is 866 Å². The van der Waals surface area contributed by atoms with E-state index in [0.717, 1.165) is 45.5 Å². The van der Waals surface area contributed by atoms with Crippen LogP contribution in [0.1, 0.15) is 144 Å². The second-order valence-electron chi connectivity index (χ2n) is 43.7. The van der Waals surface area contributed by atoms with Gasteiger partial charge in [0, 0.05) is 67.2 Å². The summed E-state index contributed by atoms with van der Waals surface area (Å²) in [7, 11) is 0. The summed E-state index contributed by atoms with van der Waals surface area (Å²) in [6.07, 6.45) is 0. The monoisotopic (exact) mass is 1890 g/mol. The first-order valence-corrected chi connectivity index (χ1v) is 52.3. The average Bonchev–Trinajstić information content (AvgIpc) is 1.52. The molecule has 0 bridgehead atoms. The molecule has 0 saturated heterocycles. The zero-order valence-electron chi connectivity index (χ0n) is 84.1. The van der Waals surface area contributed by atoms with Crippen molar-refractivity contribution < 1.29 is 0 Å². The van der Waals surface area contributed by atoms with Crippen molar-refractivity contribution >= 4 is 79.0 Å². The van der Waals surface area contributed by atoms with Gasteiger partial charge in [-0.15, -0.1) is 0 Å². The largest absolute Gasteiger partial charge is 0.310 e. The van der Waals surface area contributed by atoms with Gasteiger partial charge in [-0.05, 0) is 339 Å². The van der Waals surface area contributed by atoms with Crippen molar-refractivity contribution in [3.05, 3.63) is 586 Å². The van der Waals surface area contributed by atoms with Crippen LogP contribution >= 0.6 is 0 Å². The fourth-order valence-corrected chi connectivity index (χ4v) is 27.7. The molecule has 0 saturated carbocycles. The SMILES string of the molecule is CC1(C)c2ccccc2-c2ccc(N(c3ccc4c(c3)C(C)(C)c3cc(-c5ccc(-c6ccccc6)cc5)ccc3-4)c3ccc4c(c3)C3(c5ccccc5-4)c4ccccc4N(c4ccccc4)c4ccccc43)cc21.CC1(C)c2ccccc2-c2ccc(N(c3ccc4c(c3)C(C)(C)c3cc(-c5ccc6ccccc6c5)ccc3-4)c3ccc4c(c3)C3(c5ccccc5-4)c4ccccc4N(c4ccccc4)c4ccccc43)cc21. The summed E-state index contributed by atoms with van der Waals surface area (Å²) in [5.74, 6) is 0. The van der Waals surface area contributed by atoms with E-state index in [0.29, 0.717) is 0 Å². The third kappa shape index (κ3) is 12.5. The first-order valence-electron chi connectivity index (χ1n) is 52.3. The van der Waals surface area contributed by atoms with Crippen LogP contribution in [-0.4, -0.2) is 0 Å².